The number of aromatic nitrogens is 2. The summed E-state index contributed by atoms with van der Waals surface area (Å²) in [5, 5.41) is 0. The second-order valence-electron chi connectivity index (χ2n) is 8.29. The van der Waals surface area contributed by atoms with Crippen molar-refractivity contribution in [3.05, 3.63) is 59.4 Å². The first-order valence-electron chi connectivity index (χ1n) is 11.2. The molecule has 9 heteroatoms. The van der Waals surface area contributed by atoms with Crippen LogP contribution in [0.3, 0.4) is 0 Å². The molecule has 0 saturated carbocycles. The van der Waals surface area contributed by atoms with Gasteiger partial charge in [-0.15, -0.1) is 0 Å². The lowest BCUT2D eigenvalue weighted by molar-refractivity contribution is 0.0458. The summed E-state index contributed by atoms with van der Waals surface area (Å²) in [7, 11) is -3.62. The molecular formula is C24H29N3O5S. The monoisotopic (exact) mass is 471 g/mol. The van der Waals surface area contributed by atoms with Crippen molar-refractivity contribution >= 4 is 27.0 Å². The summed E-state index contributed by atoms with van der Waals surface area (Å²) in [6.45, 7) is 8.23. The molecule has 0 aliphatic carbocycles. The van der Waals surface area contributed by atoms with Gasteiger partial charge in [-0.2, -0.15) is 4.31 Å². The van der Waals surface area contributed by atoms with Crippen LogP contribution in [-0.4, -0.2) is 54.5 Å². The third kappa shape index (κ3) is 4.80. The predicted molar refractivity (Wildman–Crippen MR) is 125 cm³/mol. The molecular weight excluding hydrogens is 442 g/mol. The standard InChI is InChI=1S/C24H29N3O5S/c1-4-27-22-10-9-20(33(29,30)26-11-13-31-14-12-26)15-21(22)25-23(27)16-32-24(28)19-7-5-18(6-8-19)17(2)3/h5-10,15,17H,4,11-14,16H2,1-3H3. The average molecular weight is 472 g/mol. The Hall–Kier alpha value is -2.75. The van der Waals surface area contributed by atoms with Crippen LogP contribution >= 0.6 is 0 Å². The van der Waals surface area contributed by atoms with E-state index in [9.17, 15) is 13.2 Å². The molecule has 1 saturated heterocycles. The lowest BCUT2D eigenvalue weighted by Gasteiger charge is -2.26. The largest absolute Gasteiger partial charge is 0.454 e. The summed E-state index contributed by atoms with van der Waals surface area (Å²) in [6.07, 6.45) is 0. The SMILES string of the molecule is CCn1c(COC(=O)c2ccc(C(C)C)cc2)nc2cc(S(=O)(=O)N3CCOCC3)ccc21. The summed E-state index contributed by atoms with van der Waals surface area (Å²) in [6, 6.07) is 12.3. The minimum Gasteiger partial charge on any atom is -0.454 e. The van der Waals surface area contributed by atoms with Crippen molar-refractivity contribution in [2.24, 2.45) is 0 Å². The lowest BCUT2D eigenvalue weighted by atomic mass is 10.0. The van der Waals surface area contributed by atoms with Gasteiger partial charge >= 0.3 is 5.97 Å². The Labute approximate surface area is 194 Å². The van der Waals surface area contributed by atoms with Crippen LogP contribution in [0.15, 0.2) is 47.4 Å². The number of esters is 1. The second-order valence-corrected chi connectivity index (χ2v) is 10.2. The molecule has 4 rings (SSSR count). The Morgan fingerprint density at radius 1 is 1.12 bits per heavy atom. The minimum absolute atomic E-state index is 0.00116. The van der Waals surface area contributed by atoms with Crippen LogP contribution in [0.25, 0.3) is 11.0 Å². The van der Waals surface area contributed by atoms with Crippen LogP contribution in [0.1, 0.15) is 48.4 Å². The Balaban J connectivity index is 1.55. The zero-order valence-electron chi connectivity index (χ0n) is 19.2. The lowest BCUT2D eigenvalue weighted by Crippen LogP contribution is -2.40. The summed E-state index contributed by atoms with van der Waals surface area (Å²) in [4.78, 5) is 17.3. The van der Waals surface area contributed by atoms with Crippen molar-refractivity contribution in [1.29, 1.82) is 0 Å². The van der Waals surface area contributed by atoms with Crippen molar-refractivity contribution in [3.8, 4) is 0 Å². The molecule has 0 spiro atoms. The van der Waals surface area contributed by atoms with Crippen molar-refractivity contribution < 1.29 is 22.7 Å². The first kappa shape index (κ1) is 23.4. The molecule has 33 heavy (non-hydrogen) atoms. The minimum atomic E-state index is -3.62. The molecule has 0 unspecified atom stereocenters. The zero-order valence-corrected chi connectivity index (χ0v) is 20.0. The molecule has 1 aromatic heterocycles. The molecule has 0 N–H and O–H groups in total. The van der Waals surface area contributed by atoms with Crippen LogP contribution in [-0.2, 0) is 32.6 Å². The van der Waals surface area contributed by atoms with Gasteiger partial charge in [0.2, 0.25) is 10.0 Å². The van der Waals surface area contributed by atoms with Gasteiger partial charge in [-0.1, -0.05) is 26.0 Å². The Morgan fingerprint density at radius 2 is 1.82 bits per heavy atom. The topological polar surface area (TPSA) is 90.7 Å². The van der Waals surface area contributed by atoms with E-state index < -0.39 is 16.0 Å². The summed E-state index contributed by atoms with van der Waals surface area (Å²) in [5.41, 5.74) is 2.99. The van der Waals surface area contributed by atoms with E-state index in [-0.39, 0.29) is 11.5 Å². The van der Waals surface area contributed by atoms with Crippen LogP contribution in [0.4, 0.5) is 0 Å². The smallest absolute Gasteiger partial charge is 0.338 e. The van der Waals surface area contributed by atoms with E-state index in [1.165, 1.54) is 4.31 Å². The maximum Gasteiger partial charge on any atom is 0.338 e. The number of imidazole rings is 1. The van der Waals surface area contributed by atoms with Gasteiger partial charge in [-0.25, -0.2) is 18.2 Å². The fraction of sp³-hybridized carbons (Fsp3) is 0.417. The third-order valence-electron chi connectivity index (χ3n) is 5.87. The van der Waals surface area contributed by atoms with Gasteiger partial charge in [0.1, 0.15) is 12.4 Å². The molecule has 0 amide bonds. The Kier molecular flexibility index (Phi) is 6.83. The molecule has 176 valence electrons. The maximum atomic E-state index is 13.0. The zero-order chi connectivity index (χ0) is 23.6. The molecule has 0 atom stereocenters. The van der Waals surface area contributed by atoms with Crippen molar-refractivity contribution in [2.45, 2.75) is 44.7 Å². The van der Waals surface area contributed by atoms with Crippen LogP contribution in [0.5, 0.6) is 0 Å². The Morgan fingerprint density at radius 3 is 2.45 bits per heavy atom. The molecule has 0 bridgehead atoms. The van der Waals surface area contributed by atoms with Gasteiger partial charge in [0.25, 0.3) is 0 Å². The fourth-order valence-corrected chi connectivity index (χ4v) is 5.37. The number of aryl methyl sites for hydroxylation is 1. The Bertz CT molecular complexity index is 1240. The number of morpholine rings is 1. The van der Waals surface area contributed by atoms with Gasteiger partial charge in [0, 0.05) is 19.6 Å². The second kappa shape index (κ2) is 9.62. The molecule has 3 aromatic rings. The molecule has 1 aliphatic rings. The van der Waals surface area contributed by atoms with Gasteiger partial charge < -0.3 is 14.0 Å². The molecule has 8 nitrogen and oxygen atoms in total. The number of ether oxygens (including phenoxy) is 2. The van der Waals surface area contributed by atoms with Crippen LogP contribution in [0, 0.1) is 0 Å². The number of hydrogen-bond donors (Lipinski definition) is 0. The number of nitrogens with zero attached hydrogens (tertiary/aromatic N) is 3. The molecule has 2 heterocycles. The molecule has 2 aromatic carbocycles. The van der Waals surface area contributed by atoms with Gasteiger partial charge in [-0.05, 0) is 48.7 Å². The summed E-state index contributed by atoms with van der Waals surface area (Å²) < 4.78 is 40.1. The first-order chi connectivity index (χ1) is 15.8. The normalized spacial score (nSPS) is 15.3. The molecule has 1 fully saturated rings. The molecule has 1 aliphatic heterocycles. The van der Waals surface area contributed by atoms with E-state index in [2.05, 4.69) is 18.8 Å². The number of fused-ring (bicyclic) bond motifs is 1. The molecule has 0 radical (unpaired) electrons. The number of sulfonamides is 1. The fourth-order valence-electron chi connectivity index (χ4n) is 3.94. The number of benzene rings is 2. The number of carbonyl (C=O) groups is 1. The van der Waals surface area contributed by atoms with E-state index in [0.29, 0.717) is 55.7 Å². The van der Waals surface area contributed by atoms with E-state index >= 15 is 0 Å². The highest BCUT2D eigenvalue weighted by molar-refractivity contribution is 7.89. The third-order valence-corrected chi connectivity index (χ3v) is 7.76. The maximum absolute atomic E-state index is 13.0. The summed E-state index contributed by atoms with van der Waals surface area (Å²) >= 11 is 0. The summed E-state index contributed by atoms with van der Waals surface area (Å²) in [5.74, 6) is 0.535. The predicted octanol–water partition coefficient (Wildman–Crippen LogP) is 3.56. The van der Waals surface area contributed by atoms with Crippen molar-refractivity contribution in [2.75, 3.05) is 26.3 Å². The van der Waals surface area contributed by atoms with Gasteiger partial charge in [0.15, 0.2) is 0 Å². The number of hydrogen-bond acceptors (Lipinski definition) is 6. The van der Waals surface area contributed by atoms with Crippen molar-refractivity contribution in [3.63, 3.8) is 0 Å². The van der Waals surface area contributed by atoms with Crippen molar-refractivity contribution in [1.82, 2.24) is 13.9 Å². The van der Waals surface area contributed by atoms with Gasteiger partial charge in [-0.3, -0.25) is 0 Å². The number of rotatable bonds is 7. The highest BCUT2D eigenvalue weighted by Crippen LogP contribution is 2.24. The van der Waals surface area contributed by atoms with E-state index in [1.54, 1.807) is 30.3 Å². The highest BCUT2D eigenvalue weighted by Gasteiger charge is 2.27. The quantitative estimate of drug-likeness (QED) is 0.490. The average Bonchev–Trinajstić information content (AvgIpc) is 3.19. The van der Waals surface area contributed by atoms with E-state index in [0.717, 1.165) is 11.1 Å². The van der Waals surface area contributed by atoms with E-state index in [1.807, 2.05) is 23.6 Å². The van der Waals surface area contributed by atoms with E-state index in [4.69, 9.17) is 9.47 Å². The van der Waals surface area contributed by atoms with Crippen LogP contribution in [0.2, 0.25) is 0 Å². The number of carbonyl (C=O) groups excluding carboxylic acids is 1. The highest BCUT2D eigenvalue weighted by atomic mass is 32.2. The first-order valence-corrected chi connectivity index (χ1v) is 12.6. The van der Waals surface area contributed by atoms with Crippen LogP contribution < -0.4 is 0 Å². The van der Waals surface area contributed by atoms with Gasteiger partial charge in [0.05, 0.1) is 34.7 Å².